The Hall–Kier alpha value is -4.37. The summed E-state index contributed by atoms with van der Waals surface area (Å²) in [5.41, 5.74) is 7.10. The Morgan fingerprint density at radius 3 is 2.37 bits per heavy atom. The number of nitrogens with two attached hydrogens (primary N) is 1. The molecular formula is C26H24N4O4S. The summed E-state index contributed by atoms with van der Waals surface area (Å²) in [6, 6.07) is 24.7. The summed E-state index contributed by atoms with van der Waals surface area (Å²) in [5.74, 6) is -0.354. The van der Waals surface area contributed by atoms with E-state index in [9.17, 15) is 14.7 Å². The van der Waals surface area contributed by atoms with E-state index in [1.165, 1.54) is 17.4 Å². The van der Waals surface area contributed by atoms with Crippen molar-refractivity contribution in [2.45, 2.75) is 19.0 Å². The highest BCUT2D eigenvalue weighted by Gasteiger charge is 2.19. The minimum Gasteiger partial charge on any atom is -0.480 e. The van der Waals surface area contributed by atoms with E-state index >= 15 is 0 Å². The first-order chi connectivity index (χ1) is 17.0. The summed E-state index contributed by atoms with van der Waals surface area (Å²) >= 11 is 1.43. The number of aromatic nitrogens is 1. The van der Waals surface area contributed by atoms with Gasteiger partial charge in [-0.25, -0.2) is 9.78 Å². The van der Waals surface area contributed by atoms with Gasteiger partial charge in [0.25, 0.3) is 5.91 Å². The number of ether oxygens (including phenoxy) is 1. The van der Waals surface area contributed by atoms with Crippen LogP contribution in [0.3, 0.4) is 0 Å². The van der Waals surface area contributed by atoms with Gasteiger partial charge in [-0.3, -0.25) is 4.79 Å². The van der Waals surface area contributed by atoms with Crippen LogP contribution in [0.5, 0.6) is 10.8 Å². The normalized spacial score (nSPS) is 11.4. The Morgan fingerprint density at radius 2 is 1.69 bits per heavy atom. The SMILES string of the molecule is Nc1nc(NC(Cc2ccccc2)C(=O)O)ccc1C(=O)NCc1ccc(Oc2ccccc2)s1. The molecule has 0 fully saturated rings. The highest BCUT2D eigenvalue weighted by atomic mass is 32.1. The summed E-state index contributed by atoms with van der Waals surface area (Å²) in [7, 11) is 0. The third kappa shape index (κ3) is 6.58. The van der Waals surface area contributed by atoms with Crippen LogP contribution in [-0.2, 0) is 17.8 Å². The average Bonchev–Trinajstić information content (AvgIpc) is 3.30. The molecular weight excluding hydrogens is 464 g/mol. The van der Waals surface area contributed by atoms with Gasteiger partial charge in [-0.2, -0.15) is 0 Å². The van der Waals surface area contributed by atoms with Crippen molar-refractivity contribution in [2.75, 3.05) is 11.1 Å². The Bertz CT molecular complexity index is 1300. The number of aliphatic carboxylic acids is 1. The molecule has 8 nitrogen and oxygen atoms in total. The van der Waals surface area contributed by atoms with E-state index < -0.39 is 12.0 Å². The van der Waals surface area contributed by atoms with Crippen LogP contribution in [0, 0.1) is 0 Å². The average molecular weight is 489 g/mol. The lowest BCUT2D eigenvalue weighted by Crippen LogP contribution is -2.32. The fraction of sp³-hybridized carbons (Fsp3) is 0.115. The first-order valence-corrected chi connectivity index (χ1v) is 11.7. The Kier molecular flexibility index (Phi) is 7.59. The molecule has 9 heteroatoms. The Balaban J connectivity index is 1.34. The highest BCUT2D eigenvalue weighted by Crippen LogP contribution is 2.29. The largest absolute Gasteiger partial charge is 0.480 e. The lowest BCUT2D eigenvalue weighted by molar-refractivity contribution is -0.137. The molecule has 1 atom stereocenters. The zero-order valence-electron chi connectivity index (χ0n) is 18.7. The molecule has 2 heterocycles. The zero-order valence-corrected chi connectivity index (χ0v) is 19.5. The summed E-state index contributed by atoms with van der Waals surface area (Å²) in [6.07, 6.45) is 0.275. The monoisotopic (exact) mass is 488 g/mol. The van der Waals surface area contributed by atoms with E-state index in [0.29, 0.717) is 6.54 Å². The molecule has 0 aliphatic heterocycles. The van der Waals surface area contributed by atoms with Gasteiger partial charge in [0.05, 0.1) is 12.1 Å². The number of nitrogens with zero attached hydrogens (tertiary/aromatic N) is 1. The van der Waals surface area contributed by atoms with Crippen LogP contribution in [0.1, 0.15) is 20.8 Å². The molecule has 1 unspecified atom stereocenters. The molecule has 0 saturated carbocycles. The van der Waals surface area contributed by atoms with E-state index in [2.05, 4.69) is 15.6 Å². The number of hydrogen-bond donors (Lipinski definition) is 4. The van der Waals surface area contributed by atoms with Gasteiger partial charge in [0.2, 0.25) is 0 Å². The number of carboxylic acid groups (broad SMARTS) is 1. The molecule has 0 radical (unpaired) electrons. The molecule has 178 valence electrons. The number of rotatable bonds is 10. The second-order valence-corrected chi connectivity index (χ2v) is 8.80. The van der Waals surface area contributed by atoms with E-state index in [4.69, 9.17) is 10.5 Å². The maximum Gasteiger partial charge on any atom is 0.326 e. The second kappa shape index (κ2) is 11.2. The molecule has 35 heavy (non-hydrogen) atoms. The van der Waals surface area contributed by atoms with Gasteiger partial charge in [0, 0.05) is 11.3 Å². The van der Waals surface area contributed by atoms with Gasteiger partial charge in [-0.1, -0.05) is 48.5 Å². The topological polar surface area (TPSA) is 127 Å². The predicted molar refractivity (Wildman–Crippen MR) is 136 cm³/mol. The van der Waals surface area contributed by atoms with Crippen molar-refractivity contribution in [2.24, 2.45) is 0 Å². The van der Waals surface area contributed by atoms with Crippen LogP contribution in [-0.4, -0.2) is 28.0 Å². The molecule has 0 aliphatic carbocycles. The number of carboxylic acids is 1. The fourth-order valence-electron chi connectivity index (χ4n) is 3.35. The number of hydrogen-bond acceptors (Lipinski definition) is 7. The number of carbonyl (C=O) groups is 2. The maximum atomic E-state index is 12.6. The molecule has 0 bridgehead atoms. The minimum atomic E-state index is -1.01. The Labute approximate surface area is 206 Å². The zero-order chi connectivity index (χ0) is 24.6. The van der Waals surface area contributed by atoms with Gasteiger partial charge in [-0.05, 0) is 42.0 Å². The summed E-state index contributed by atoms with van der Waals surface area (Å²) in [4.78, 5) is 29.5. The van der Waals surface area contributed by atoms with Crippen LogP contribution in [0.2, 0.25) is 0 Å². The Morgan fingerprint density at radius 1 is 0.971 bits per heavy atom. The number of amides is 1. The second-order valence-electron chi connectivity index (χ2n) is 7.67. The van der Waals surface area contributed by atoms with E-state index in [1.807, 2.05) is 72.8 Å². The van der Waals surface area contributed by atoms with Crippen molar-refractivity contribution in [3.05, 3.63) is 101 Å². The number of pyridine rings is 1. The van der Waals surface area contributed by atoms with Crippen molar-refractivity contribution < 1.29 is 19.4 Å². The standard InChI is InChI=1S/C26H24N4O4S/c27-24-20(12-13-22(30-24)29-21(26(32)33)15-17-7-3-1-4-8-17)25(31)28-16-19-11-14-23(35-19)34-18-9-5-2-6-10-18/h1-14,21H,15-16H2,(H,28,31)(H,32,33)(H3,27,29,30). The molecule has 4 rings (SSSR count). The van der Waals surface area contributed by atoms with Crippen LogP contribution in [0.15, 0.2) is 84.9 Å². The van der Waals surface area contributed by atoms with Gasteiger partial charge in [0.1, 0.15) is 23.4 Å². The minimum absolute atomic E-state index is 0.00984. The van der Waals surface area contributed by atoms with Crippen LogP contribution in [0.25, 0.3) is 0 Å². The molecule has 0 spiro atoms. The maximum absolute atomic E-state index is 12.6. The van der Waals surface area contributed by atoms with Crippen molar-refractivity contribution in [1.82, 2.24) is 10.3 Å². The van der Waals surface area contributed by atoms with E-state index in [1.54, 1.807) is 6.07 Å². The lowest BCUT2D eigenvalue weighted by Gasteiger charge is -2.16. The van der Waals surface area contributed by atoms with Gasteiger partial charge >= 0.3 is 5.97 Å². The first kappa shape index (κ1) is 23.8. The number of benzene rings is 2. The van der Waals surface area contributed by atoms with Crippen LogP contribution < -0.4 is 21.1 Å². The smallest absolute Gasteiger partial charge is 0.326 e. The molecule has 1 amide bonds. The number of anilines is 2. The predicted octanol–water partition coefficient (Wildman–Crippen LogP) is 4.56. The number of carbonyl (C=O) groups excluding carboxylic acids is 1. The third-order valence-electron chi connectivity index (χ3n) is 5.09. The van der Waals surface area contributed by atoms with E-state index in [-0.39, 0.29) is 29.5 Å². The molecule has 4 aromatic rings. The quantitative estimate of drug-likeness (QED) is 0.258. The van der Waals surface area contributed by atoms with Crippen molar-refractivity contribution >= 4 is 34.8 Å². The van der Waals surface area contributed by atoms with Gasteiger partial charge in [0.15, 0.2) is 5.06 Å². The number of nitrogen functional groups attached to an aromatic ring is 1. The molecule has 0 saturated heterocycles. The molecule has 0 aliphatic rings. The summed E-state index contributed by atoms with van der Waals surface area (Å²) < 4.78 is 5.80. The van der Waals surface area contributed by atoms with E-state index in [0.717, 1.165) is 21.3 Å². The van der Waals surface area contributed by atoms with Gasteiger partial charge in [-0.15, -0.1) is 11.3 Å². The third-order valence-corrected chi connectivity index (χ3v) is 6.06. The fourth-order valence-corrected chi connectivity index (χ4v) is 4.16. The summed E-state index contributed by atoms with van der Waals surface area (Å²) in [6.45, 7) is 0.305. The van der Waals surface area contributed by atoms with Crippen molar-refractivity contribution in [1.29, 1.82) is 0 Å². The first-order valence-electron chi connectivity index (χ1n) is 10.9. The summed E-state index contributed by atoms with van der Waals surface area (Å²) in [5, 5.41) is 16.0. The van der Waals surface area contributed by atoms with Crippen LogP contribution in [0.4, 0.5) is 11.6 Å². The van der Waals surface area contributed by atoms with Crippen LogP contribution >= 0.6 is 11.3 Å². The highest BCUT2D eigenvalue weighted by molar-refractivity contribution is 7.13. The van der Waals surface area contributed by atoms with Crippen molar-refractivity contribution in [3.63, 3.8) is 0 Å². The lowest BCUT2D eigenvalue weighted by atomic mass is 10.1. The van der Waals surface area contributed by atoms with Crippen molar-refractivity contribution in [3.8, 4) is 10.8 Å². The molecule has 2 aromatic heterocycles. The van der Waals surface area contributed by atoms with Gasteiger partial charge < -0.3 is 26.2 Å². The number of para-hydroxylation sites is 1. The number of thiophene rings is 1. The number of nitrogens with one attached hydrogen (secondary N) is 2. The molecule has 2 aromatic carbocycles. The molecule has 5 N–H and O–H groups in total.